The Hall–Kier alpha value is -2.53. The number of tetrazole rings is 1. The number of carbonyl (C=O) groups is 1. The fraction of sp³-hybridized carbons (Fsp3) is 0.375. The first-order valence-corrected chi connectivity index (χ1v) is 8.41. The minimum Gasteiger partial charge on any atom is -0.308 e. The van der Waals surface area contributed by atoms with Gasteiger partial charge < -0.3 is 5.41 Å². The second-order valence-corrected chi connectivity index (χ2v) is 6.56. The molecule has 1 N–H and O–H groups in total. The van der Waals surface area contributed by atoms with Crippen LogP contribution in [0, 0.1) is 22.7 Å². The molecule has 0 aliphatic rings. The number of Topliss-reactive ketones (excluding diaryl/α,β-unsaturated/α-hetero) is 1. The molecule has 2 aromatic rings. The zero-order chi connectivity index (χ0) is 17.7. The number of hydrogen-bond acceptors (Lipinski definition) is 7. The molecule has 0 saturated carbocycles. The van der Waals surface area contributed by atoms with Crippen LogP contribution >= 0.6 is 11.8 Å². The number of thioether (sulfide) groups is 1. The van der Waals surface area contributed by atoms with E-state index in [1.807, 2.05) is 30.3 Å². The van der Waals surface area contributed by atoms with Gasteiger partial charge in [0.1, 0.15) is 5.92 Å². The smallest absolute Gasteiger partial charge is 0.214 e. The highest BCUT2D eigenvalue weighted by Crippen LogP contribution is 2.21. The van der Waals surface area contributed by atoms with Crippen molar-refractivity contribution in [2.24, 2.45) is 5.92 Å². The zero-order valence-corrected chi connectivity index (χ0v) is 14.5. The summed E-state index contributed by atoms with van der Waals surface area (Å²) in [5, 5.41) is 28.4. The van der Waals surface area contributed by atoms with Crippen LogP contribution in [0.15, 0.2) is 29.4 Å². The van der Waals surface area contributed by atoms with Crippen molar-refractivity contribution in [1.29, 1.82) is 10.7 Å². The predicted molar refractivity (Wildman–Crippen MR) is 91.5 cm³/mol. The Balaban J connectivity index is 2.12. The first kappa shape index (κ1) is 17.8. The van der Waals surface area contributed by atoms with Gasteiger partial charge in [-0.15, -0.1) is 5.10 Å². The Morgan fingerprint density at radius 3 is 2.58 bits per heavy atom. The molecule has 7 nitrogen and oxygen atoms in total. The fourth-order valence-corrected chi connectivity index (χ4v) is 2.86. The number of aromatic nitrogens is 4. The van der Waals surface area contributed by atoms with Gasteiger partial charge in [-0.25, -0.2) is 0 Å². The highest BCUT2D eigenvalue weighted by Gasteiger charge is 2.21. The summed E-state index contributed by atoms with van der Waals surface area (Å²) in [5.41, 5.74) is 2.07. The van der Waals surface area contributed by atoms with Gasteiger partial charge in [-0.3, -0.25) is 4.79 Å². The average Bonchev–Trinajstić information content (AvgIpc) is 3.01. The van der Waals surface area contributed by atoms with Gasteiger partial charge in [-0.2, -0.15) is 9.94 Å². The van der Waals surface area contributed by atoms with E-state index in [1.54, 1.807) is 4.68 Å². The summed E-state index contributed by atoms with van der Waals surface area (Å²) in [6.45, 7) is 5.70. The summed E-state index contributed by atoms with van der Waals surface area (Å²) in [4.78, 5) is 12.0. The number of hydrogen-bond donors (Lipinski definition) is 1. The van der Waals surface area contributed by atoms with Gasteiger partial charge in [0.05, 0.1) is 17.5 Å². The third kappa shape index (κ3) is 4.06. The Morgan fingerprint density at radius 2 is 2.04 bits per heavy atom. The topological polar surface area (TPSA) is 108 Å². The van der Waals surface area contributed by atoms with Crippen LogP contribution in [0.2, 0.25) is 0 Å². The molecule has 0 amide bonds. The SMILES string of the molecule is CC(=N)[C@H](C#N)C(=O)CSc1nnnn1-c1ccc(C(C)C)cc1. The van der Waals surface area contributed by atoms with Crippen LogP contribution < -0.4 is 0 Å². The monoisotopic (exact) mass is 342 g/mol. The standard InChI is InChI=1S/C16H18N6OS/c1-10(2)12-4-6-13(7-5-12)22-16(19-20-21-22)24-9-15(23)14(8-17)11(3)18/h4-7,10,14,18H,9H2,1-3H3/t14-/m0/s1. The maximum Gasteiger partial charge on any atom is 0.214 e. The van der Waals surface area contributed by atoms with E-state index in [1.165, 1.54) is 12.5 Å². The van der Waals surface area contributed by atoms with Gasteiger partial charge in [0.2, 0.25) is 5.16 Å². The number of carbonyl (C=O) groups excluding carboxylic acids is 1. The van der Waals surface area contributed by atoms with E-state index >= 15 is 0 Å². The summed E-state index contributed by atoms with van der Waals surface area (Å²) >= 11 is 1.16. The fourth-order valence-electron chi connectivity index (χ4n) is 2.06. The van der Waals surface area contributed by atoms with Crippen LogP contribution in [0.5, 0.6) is 0 Å². The van der Waals surface area contributed by atoms with Crippen molar-refractivity contribution in [2.45, 2.75) is 31.8 Å². The van der Waals surface area contributed by atoms with Crippen molar-refractivity contribution in [3.8, 4) is 11.8 Å². The van der Waals surface area contributed by atoms with Gasteiger partial charge >= 0.3 is 0 Å². The van der Waals surface area contributed by atoms with Gasteiger partial charge in [0, 0.05) is 5.71 Å². The summed E-state index contributed by atoms with van der Waals surface area (Å²) < 4.78 is 1.56. The molecule has 24 heavy (non-hydrogen) atoms. The molecule has 1 aromatic carbocycles. The molecule has 0 aliphatic carbocycles. The molecule has 2 rings (SSSR count). The van der Waals surface area contributed by atoms with Crippen molar-refractivity contribution in [1.82, 2.24) is 20.2 Å². The van der Waals surface area contributed by atoms with Crippen molar-refractivity contribution < 1.29 is 4.79 Å². The molecule has 8 heteroatoms. The molecule has 1 aromatic heterocycles. The van der Waals surface area contributed by atoms with E-state index in [0.717, 1.165) is 17.4 Å². The molecule has 0 unspecified atom stereocenters. The van der Waals surface area contributed by atoms with Crippen LogP contribution in [0.4, 0.5) is 0 Å². The predicted octanol–water partition coefficient (Wildman–Crippen LogP) is 2.63. The van der Waals surface area contributed by atoms with E-state index in [-0.39, 0.29) is 17.2 Å². The highest BCUT2D eigenvalue weighted by molar-refractivity contribution is 7.99. The molecule has 0 bridgehead atoms. The van der Waals surface area contributed by atoms with Crippen LogP contribution in [-0.4, -0.2) is 37.5 Å². The van der Waals surface area contributed by atoms with Gasteiger partial charge in [-0.05, 0) is 41.0 Å². The number of nitrogens with zero attached hydrogens (tertiary/aromatic N) is 5. The maximum absolute atomic E-state index is 12.0. The van der Waals surface area contributed by atoms with Crippen LogP contribution in [-0.2, 0) is 4.79 Å². The lowest BCUT2D eigenvalue weighted by molar-refractivity contribution is -0.117. The van der Waals surface area contributed by atoms with E-state index in [4.69, 9.17) is 10.7 Å². The molecule has 0 spiro atoms. The molecule has 1 heterocycles. The van der Waals surface area contributed by atoms with Crippen LogP contribution in [0.3, 0.4) is 0 Å². The van der Waals surface area contributed by atoms with Crippen molar-refractivity contribution >= 4 is 23.3 Å². The first-order valence-electron chi connectivity index (χ1n) is 7.43. The molecule has 0 fully saturated rings. The van der Waals surface area contributed by atoms with Gasteiger partial charge in [0.15, 0.2) is 5.78 Å². The highest BCUT2D eigenvalue weighted by atomic mass is 32.2. The third-order valence-electron chi connectivity index (χ3n) is 3.47. The number of benzene rings is 1. The Morgan fingerprint density at radius 1 is 1.38 bits per heavy atom. The second-order valence-electron chi connectivity index (χ2n) is 5.62. The Bertz CT molecular complexity index is 775. The lowest BCUT2D eigenvalue weighted by Crippen LogP contribution is -2.21. The minimum absolute atomic E-state index is 0.0406. The summed E-state index contributed by atoms with van der Waals surface area (Å²) in [6, 6.07) is 9.74. The van der Waals surface area contributed by atoms with Crippen molar-refractivity contribution in [2.75, 3.05) is 5.75 Å². The van der Waals surface area contributed by atoms with Gasteiger partial charge in [-0.1, -0.05) is 37.7 Å². The van der Waals surface area contributed by atoms with Crippen LogP contribution in [0.25, 0.3) is 5.69 Å². The normalized spacial score (nSPS) is 12.0. The molecule has 124 valence electrons. The molecule has 0 saturated heterocycles. The molecular formula is C16H18N6OS. The van der Waals surface area contributed by atoms with Crippen LogP contribution in [0.1, 0.15) is 32.3 Å². The zero-order valence-electron chi connectivity index (χ0n) is 13.7. The number of nitriles is 1. The average molecular weight is 342 g/mol. The molecule has 0 aliphatic heterocycles. The second kappa shape index (κ2) is 7.84. The van der Waals surface area contributed by atoms with E-state index in [2.05, 4.69) is 29.4 Å². The Kier molecular flexibility index (Phi) is 5.82. The van der Waals surface area contributed by atoms with E-state index in [0.29, 0.717) is 11.1 Å². The quantitative estimate of drug-likeness (QED) is 0.612. The maximum atomic E-state index is 12.0. The number of ketones is 1. The number of rotatable bonds is 7. The largest absolute Gasteiger partial charge is 0.308 e. The number of nitrogens with one attached hydrogen (secondary N) is 1. The molecule has 0 radical (unpaired) electrons. The molecular weight excluding hydrogens is 324 g/mol. The first-order chi connectivity index (χ1) is 11.4. The lowest BCUT2D eigenvalue weighted by Gasteiger charge is -2.08. The third-order valence-corrected chi connectivity index (χ3v) is 4.41. The van der Waals surface area contributed by atoms with Gasteiger partial charge in [0.25, 0.3) is 0 Å². The summed E-state index contributed by atoms with van der Waals surface area (Å²) in [5.74, 6) is -0.850. The minimum atomic E-state index is -1.01. The van der Waals surface area contributed by atoms with E-state index in [9.17, 15) is 4.79 Å². The van der Waals surface area contributed by atoms with Crippen molar-refractivity contribution in [3.63, 3.8) is 0 Å². The summed E-state index contributed by atoms with van der Waals surface area (Å²) in [6.07, 6.45) is 0. The van der Waals surface area contributed by atoms with E-state index < -0.39 is 5.92 Å². The Labute approximate surface area is 144 Å². The van der Waals surface area contributed by atoms with Crippen molar-refractivity contribution in [3.05, 3.63) is 29.8 Å². The molecule has 1 atom stereocenters. The summed E-state index contributed by atoms with van der Waals surface area (Å²) in [7, 11) is 0. The lowest BCUT2D eigenvalue weighted by atomic mass is 10.0.